The molecule has 0 bridgehead atoms. The van der Waals surface area contributed by atoms with Crippen LogP contribution in [0.1, 0.15) is 43.7 Å². The molecule has 0 atom stereocenters. The third-order valence-corrected chi connectivity index (χ3v) is 6.88. The third-order valence-electron chi connectivity index (χ3n) is 6.88. The van der Waals surface area contributed by atoms with Crippen molar-refractivity contribution < 1.29 is 4.79 Å². The van der Waals surface area contributed by atoms with E-state index in [0.717, 1.165) is 49.9 Å². The Bertz CT molecular complexity index is 1110. The maximum Gasteiger partial charge on any atom is 0.261 e. The van der Waals surface area contributed by atoms with Crippen molar-refractivity contribution in [1.29, 1.82) is 0 Å². The van der Waals surface area contributed by atoms with E-state index in [1.165, 1.54) is 5.56 Å². The largest absolute Gasteiger partial charge is 0.343 e. The van der Waals surface area contributed by atoms with Crippen molar-refractivity contribution in [3.05, 3.63) is 76.3 Å². The molecule has 1 aliphatic heterocycles. The summed E-state index contributed by atoms with van der Waals surface area (Å²) in [5.74, 6) is 0.230. The normalized spacial score (nSPS) is 15.9. The predicted octanol–water partition coefficient (Wildman–Crippen LogP) is 4.36. The lowest BCUT2D eigenvalue weighted by atomic mass is 9.76. The van der Waals surface area contributed by atoms with Crippen molar-refractivity contribution in [1.82, 2.24) is 14.5 Å². The Labute approximate surface area is 183 Å². The zero-order valence-electron chi connectivity index (χ0n) is 18.5. The number of carbonyl (C=O) groups is 1. The Morgan fingerprint density at radius 3 is 2.55 bits per heavy atom. The Hall–Kier alpha value is -2.95. The van der Waals surface area contributed by atoms with Crippen molar-refractivity contribution in [2.24, 2.45) is 5.41 Å². The Morgan fingerprint density at radius 1 is 1.10 bits per heavy atom. The zero-order valence-corrected chi connectivity index (χ0v) is 18.5. The van der Waals surface area contributed by atoms with Crippen LogP contribution < -0.4 is 5.56 Å². The molecule has 0 spiro atoms. The minimum atomic E-state index is 0.0270. The summed E-state index contributed by atoms with van der Waals surface area (Å²) in [7, 11) is 0. The third kappa shape index (κ3) is 4.71. The maximum atomic E-state index is 13.0. The molecule has 31 heavy (non-hydrogen) atoms. The van der Waals surface area contributed by atoms with Gasteiger partial charge in [-0.25, -0.2) is 4.98 Å². The fraction of sp³-hybridized carbons (Fsp3) is 0.423. The van der Waals surface area contributed by atoms with Crippen molar-refractivity contribution in [3.8, 4) is 0 Å². The summed E-state index contributed by atoms with van der Waals surface area (Å²) in [6, 6.07) is 16.0. The summed E-state index contributed by atoms with van der Waals surface area (Å²) >= 11 is 0. The minimum absolute atomic E-state index is 0.0270. The highest BCUT2D eigenvalue weighted by molar-refractivity contribution is 5.78. The van der Waals surface area contributed by atoms with E-state index in [4.69, 9.17) is 0 Å². The summed E-state index contributed by atoms with van der Waals surface area (Å²) in [4.78, 5) is 32.3. The lowest BCUT2D eigenvalue weighted by Gasteiger charge is -2.41. The van der Waals surface area contributed by atoms with Gasteiger partial charge in [0.25, 0.3) is 5.56 Å². The maximum absolute atomic E-state index is 13.0. The van der Waals surface area contributed by atoms with Gasteiger partial charge in [-0.15, -0.1) is 0 Å². The molecule has 162 valence electrons. The second-order valence-corrected chi connectivity index (χ2v) is 8.92. The molecule has 1 amide bonds. The highest BCUT2D eigenvalue weighted by atomic mass is 16.2. The summed E-state index contributed by atoms with van der Waals surface area (Å²) < 4.78 is 1.77. The van der Waals surface area contributed by atoms with Gasteiger partial charge in [0.1, 0.15) is 0 Å². The van der Waals surface area contributed by atoms with Crippen LogP contribution in [-0.4, -0.2) is 33.4 Å². The van der Waals surface area contributed by atoms with E-state index in [1.807, 2.05) is 48.2 Å². The van der Waals surface area contributed by atoms with Gasteiger partial charge < -0.3 is 4.90 Å². The molecule has 2 aromatic carbocycles. The van der Waals surface area contributed by atoms with Crippen molar-refractivity contribution >= 4 is 16.8 Å². The highest BCUT2D eigenvalue weighted by Crippen LogP contribution is 2.36. The van der Waals surface area contributed by atoms with Gasteiger partial charge in [0, 0.05) is 26.1 Å². The Kier molecular flexibility index (Phi) is 6.21. The van der Waals surface area contributed by atoms with E-state index in [9.17, 15) is 9.59 Å². The van der Waals surface area contributed by atoms with Crippen molar-refractivity contribution in [2.45, 2.75) is 52.5 Å². The van der Waals surface area contributed by atoms with E-state index in [-0.39, 0.29) is 16.9 Å². The van der Waals surface area contributed by atoms with Gasteiger partial charge in [-0.3, -0.25) is 14.2 Å². The summed E-state index contributed by atoms with van der Waals surface area (Å²) in [5.41, 5.74) is 3.12. The van der Waals surface area contributed by atoms with Crippen molar-refractivity contribution in [3.63, 3.8) is 0 Å². The fourth-order valence-electron chi connectivity index (χ4n) is 4.65. The first-order valence-corrected chi connectivity index (χ1v) is 11.3. The van der Waals surface area contributed by atoms with Crippen LogP contribution in [0.25, 0.3) is 10.9 Å². The average Bonchev–Trinajstić information content (AvgIpc) is 2.80. The van der Waals surface area contributed by atoms with Crippen LogP contribution in [0.3, 0.4) is 0 Å². The predicted molar refractivity (Wildman–Crippen MR) is 124 cm³/mol. The number of carbonyl (C=O) groups excluding carboxylic acids is 1. The van der Waals surface area contributed by atoms with Crippen LogP contribution in [0, 0.1) is 12.3 Å². The number of rotatable bonds is 6. The lowest BCUT2D eigenvalue weighted by Crippen LogP contribution is -2.45. The molecular weight excluding hydrogens is 386 g/mol. The minimum Gasteiger partial charge on any atom is -0.343 e. The molecule has 1 aliphatic rings. The van der Waals surface area contributed by atoms with Crippen LogP contribution in [-0.2, 0) is 17.8 Å². The molecule has 0 unspecified atom stereocenters. The first-order chi connectivity index (χ1) is 15.0. The van der Waals surface area contributed by atoms with Crippen LogP contribution in [0.4, 0.5) is 0 Å². The number of benzene rings is 2. The number of fused-ring (bicyclic) bond motifs is 1. The smallest absolute Gasteiger partial charge is 0.261 e. The summed E-state index contributed by atoms with van der Waals surface area (Å²) in [5, 5.41) is 0.674. The quantitative estimate of drug-likeness (QED) is 0.599. The first-order valence-electron chi connectivity index (χ1n) is 11.3. The topological polar surface area (TPSA) is 55.2 Å². The van der Waals surface area contributed by atoms with Crippen molar-refractivity contribution in [2.75, 3.05) is 13.1 Å². The van der Waals surface area contributed by atoms with Gasteiger partial charge in [0.15, 0.2) is 0 Å². The molecular formula is C26H31N3O2. The monoisotopic (exact) mass is 417 g/mol. The van der Waals surface area contributed by atoms with Crippen LogP contribution >= 0.6 is 0 Å². The Morgan fingerprint density at radius 2 is 1.84 bits per heavy atom. The standard InChI is InChI=1S/C26H31N3O2/c1-3-26(18-29-19-27-23-17-20(2)9-11-22(23)25(29)31)13-15-28(16-14-26)24(30)12-10-21-7-5-4-6-8-21/h4-9,11,17,19H,3,10,12-16,18H2,1-2H3. The molecule has 1 aromatic heterocycles. The molecule has 0 N–H and O–H groups in total. The number of amides is 1. The highest BCUT2D eigenvalue weighted by Gasteiger charge is 2.35. The number of piperidine rings is 1. The van der Waals surface area contributed by atoms with Gasteiger partial charge >= 0.3 is 0 Å². The zero-order chi connectivity index (χ0) is 21.8. The van der Waals surface area contributed by atoms with Gasteiger partial charge in [-0.2, -0.15) is 0 Å². The van der Waals surface area contributed by atoms with Crippen LogP contribution in [0.15, 0.2) is 59.7 Å². The number of nitrogens with zero attached hydrogens (tertiary/aromatic N) is 3. The van der Waals surface area contributed by atoms with Crippen LogP contribution in [0.5, 0.6) is 0 Å². The lowest BCUT2D eigenvalue weighted by molar-refractivity contribution is -0.133. The van der Waals surface area contributed by atoms with E-state index in [2.05, 4.69) is 24.0 Å². The van der Waals surface area contributed by atoms with E-state index >= 15 is 0 Å². The molecule has 5 nitrogen and oxygen atoms in total. The molecule has 4 rings (SSSR count). The number of aromatic nitrogens is 2. The van der Waals surface area contributed by atoms with Gasteiger partial charge in [0.2, 0.25) is 5.91 Å². The molecule has 5 heteroatoms. The van der Waals surface area contributed by atoms with E-state index in [0.29, 0.717) is 18.4 Å². The number of hydrogen-bond acceptors (Lipinski definition) is 3. The van der Waals surface area contributed by atoms with Crippen LogP contribution in [0.2, 0.25) is 0 Å². The fourth-order valence-corrected chi connectivity index (χ4v) is 4.65. The molecule has 0 radical (unpaired) electrons. The number of hydrogen-bond donors (Lipinski definition) is 0. The molecule has 0 aliphatic carbocycles. The molecule has 2 heterocycles. The summed E-state index contributed by atoms with van der Waals surface area (Å²) in [6.45, 7) is 6.38. The average molecular weight is 418 g/mol. The second-order valence-electron chi connectivity index (χ2n) is 8.92. The molecule has 3 aromatic rings. The SMILES string of the molecule is CCC1(Cn2cnc3cc(C)ccc3c2=O)CCN(C(=O)CCc2ccccc2)CC1. The van der Waals surface area contributed by atoms with E-state index < -0.39 is 0 Å². The second kappa shape index (κ2) is 9.04. The van der Waals surface area contributed by atoms with Gasteiger partial charge in [0.05, 0.1) is 17.2 Å². The molecule has 1 fully saturated rings. The molecule has 1 saturated heterocycles. The first kappa shape index (κ1) is 21.3. The van der Waals surface area contributed by atoms with Gasteiger partial charge in [-0.05, 0) is 61.3 Å². The summed E-state index contributed by atoms with van der Waals surface area (Å²) in [6.07, 6.45) is 5.84. The Balaban J connectivity index is 1.41. The number of aryl methyl sites for hydroxylation is 2. The van der Waals surface area contributed by atoms with E-state index in [1.54, 1.807) is 10.9 Å². The number of likely N-dealkylation sites (tertiary alicyclic amines) is 1. The molecule has 0 saturated carbocycles. The van der Waals surface area contributed by atoms with Gasteiger partial charge in [-0.1, -0.05) is 43.3 Å².